The highest BCUT2D eigenvalue weighted by Crippen LogP contribution is 2.35. The van der Waals surface area contributed by atoms with E-state index in [1.54, 1.807) is 53.0 Å². The first-order valence-corrected chi connectivity index (χ1v) is 11.7. The van der Waals surface area contributed by atoms with E-state index in [9.17, 15) is 12.8 Å². The number of aromatic nitrogens is 2. The smallest absolute Gasteiger partial charge is 0.243 e. The molecule has 1 unspecified atom stereocenters. The van der Waals surface area contributed by atoms with Gasteiger partial charge in [0.05, 0.1) is 10.6 Å². The van der Waals surface area contributed by atoms with Crippen LogP contribution in [0.25, 0.3) is 11.1 Å². The van der Waals surface area contributed by atoms with Crippen molar-refractivity contribution in [3.8, 4) is 11.1 Å². The molecule has 1 aliphatic heterocycles. The predicted molar refractivity (Wildman–Crippen MR) is 119 cm³/mol. The Kier molecular flexibility index (Phi) is 6.02. The number of anilines is 1. The van der Waals surface area contributed by atoms with E-state index >= 15 is 0 Å². The molecule has 6 nitrogen and oxygen atoms in total. The van der Waals surface area contributed by atoms with Gasteiger partial charge in [-0.25, -0.2) is 22.8 Å². The summed E-state index contributed by atoms with van der Waals surface area (Å²) in [6, 6.07) is 14.7. The SMILES string of the molecule is CN(C)c1ncc(-c2ccc(F)cc2)c(C2CCCN(S(=O)(=O)c3ccccc3)C2)n1. The van der Waals surface area contributed by atoms with Gasteiger partial charge in [0.2, 0.25) is 16.0 Å². The fourth-order valence-electron chi connectivity index (χ4n) is 3.89. The van der Waals surface area contributed by atoms with E-state index in [-0.39, 0.29) is 11.7 Å². The Morgan fingerprint density at radius 3 is 2.45 bits per heavy atom. The summed E-state index contributed by atoms with van der Waals surface area (Å²) in [6.07, 6.45) is 3.30. The third kappa shape index (κ3) is 4.45. The zero-order valence-corrected chi connectivity index (χ0v) is 18.4. The molecule has 3 aromatic rings. The second-order valence-electron chi connectivity index (χ2n) is 7.89. The minimum absolute atomic E-state index is 0.0889. The van der Waals surface area contributed by atoms with Gasteiger partial charge in [0.15, 0.2) is 0 Å². The van der Waals surface area contributed by atoms with Crippen LogP contribution in [0, 0.1) is 5.82 Å². The van der Waals surface area contributed by atoms with E-state index in [0.29, 0.717) is 23.9 Å². The minimum Gasteiger partial charge on any atom is -0.347 e. The van der Waals surface area contributed by atoms with Crippen LogP contribution >= 0.6 is 0 Å². The first-order chi connectivity index (χ1) is 14.9. The summed E-state index contributed by atoms with van der Waals surface area (Å²) in [6.45, 7) is 0.820. The Morgan fingerprint density at radius 2 is 1.77 bits per heavy atom. The number of nitrogens with zero attached hydrogens (tertiary/aromatic N) is 4. The Balaban J connectivity index is 1.72. The lowest BCUT2D eigenvalue weighted by molar-refractivity contribution is 0.313. The molecule has 0 bridgehead atoms. The van der Waals surface area contributed by atoms with Gasteiger partial charge >= 0.3 is 0 Å². The lowest BCUT2D eigenvalue weighted by Crippen LogP contribution is -2.39. The predicted octanol–water partition coefficient (Wildman–Crippen LogP) is 3.92. The Labute approximate surface area is 182 Å². The average molecular weight is 441 g/mol. The molecule has 162 valence electrons. The second kappa shape index (κ2) is 8.72. The summed E-state index contributed by atoms with van der Waals surface area (Å²) in [5.74, 6) is 0.159. The van der Waals surface area contributed by atoms with Gasteiger partial charge in [-0.3, -0.25) is 0 Å². The molecule has 31 heavy (non-hydrogen) atoms. The van der Waals surface area contributed by atoms with Crippen LogP contribution in [0.3, 0.4) is 0 Å². The number of benzene rings is 2. The van der Waals surface area contributed by atoms with Crippen molar-refractivity contribution in [3.63, 3.8) is 0 Å². The quantitative estimate of drug-likeness (QED) is 0.602. The summed E-state index contributed by atoms with van der Waals surface area (Å²) in [5.41, 5.74) is 2.40. The first kappa shape index (κ1) is 21.4. The highest BCUT2D eigenvalue weighted by atomic mass is 32.2. The molecular formula is C23H25FN4O2S. The van der Waals surface area contributed by atoms with Crippen LogP contribution < -0.4 is 4.90 Å². The lowest BCUT2D eigenvalue weighted by Gasteiger charge is -2.32. The number of sulfonamides is 1. The fraction of sp³-hybridized carbons (Fsp3) is 0.304. The number of hydrogen-bond acceptors (Lipinski definition) is 5. The van der Waals surface area contributed by atoms with Crippen LogP contribution in [0.5, 0.6) is 0 Å². The maximum absolute atomic E-state index is 13.5. The molecule has 1 fully saturated rings. The van der Waals surface area contributed by atoms with Crippen LogP contribution in [-0.2, 0) is 10.0 Å². The second-order valence-corrected chi connectivity index (χ2v) is 9.82. The zero-order chi connectivity index (χ0) is 22.0. The van der Waals surface area contributed by atoms with E-state index in [1.165, 1.54) is 12.1 Å². The molecule has 2 heterocycles. The van der Waals surface area contributed by atoms with Crippen molar-refractivity contribution in [2.75, 3.05) is 32.1 Å². The van der Waals surface area contributed by atoms with Crippen molar-refractivity contribution >= 4 is 16.0 Å². The number of hydrogen-bond donors (Lipinski definition) is 0. The van der Waals surface area contributed by atoms with Crippen LogP contribution in [0.1, 0.15) is 24.5 Å². The molecule has 0 amide bonds. The molecule has 1 aromatic heterocycles. The molecule has 0 radical (unpaired) electrons. The summed E-state index contributed by atoms with van der Waals surface area (Å²) in [4.78, 5) is 11.3. The topological polar surface area (TPSA) is 66.4 Å². The molecule has 2 aromatic carbocycles. The van der Waals surface area contributed by atoms with Crippen molar-refractivity contribution in [2.45, 2.75) is 23.7 Å². The van der Waals surface area contributed by atoms with Gasteiger partial charge in [-0.05, 0) is 42.7 Å². The highest BCUT2D eigenvalue weighted by Gasteiger charge is 2.33. The number of rotatable bonds is 5. The number of halogens is 1. The van der Waals surface area contributed by atoms with Gasteiger partial charge in [0, 0.05) is 44.9 Å². The van der Waals surface area contributed by atoms with E-state index in [2.05, 4.69) is 4.98 Å². The summed E-state index contributed by atoms with van der Waals surface area (Å²) >= 11 is 0. The van der Waals surface area contributed by atoms with E-state index in [0.717, 1.165) is 29.7 Å². The molecule has 0 spiro atoms. The van der Waals surface area contributed by atoms with Gasteiger partial charge in [-0.15, -0.1) is 0 Å². The summed E-state index contributed by atoms with van der Waals surface area (Å²) in [5, 5.41) is 0. The maximum Gasteiger partial charge on any atom is 0.243 e. The molecule has 1 saturated heterocycles. The summed E-state index contributed by atoms with van der Waals surface area (Å²) in [7, 11) is 0.147. The molecule has 0 saturated carbocycles. The fourth-order valence-corrected chi connectivity index (χ4v) is 5.43. The number of piperidine rings is 1. The summed E-state index contributed by atoms with van der Waals surface area (Å²) < 4.78 is 41.4. The molecule has 1 atom stereocenters. The average Bonchev–Trinajstić information content (AvgIpc) is 2.80. The molecule has 1 aliphatic rings. The van der Waals surface area contributed by atoms with Gasteiger partial charge in [-0.1, -0.05) is 30.3 Å². The van der Waals surface area contributed by atoms with Crippen LogP contribution in [-0.4, -0.2) is 49.9 Å². The molecule has 8 heteroatoms. The Bertz CT molecular complexity index is 1150. The largest absolute Gasteiger partial charge is 0.347 e. The highest BCUT2D eigenvalue weighted by molar-refractivity contribution is 7.89. The first-order valence-electron chi connectivity index (χ1n) is 10.2. The van der Waals surface area contributed by atoms with Crippen molar-refractivity contribution < 1.29 is 12.8 Å². The zero-order valence-electron chi connectivity index (χ0n) is 17.6. The Hall–Kier alpha value is -2.84. The molecule has 4 rings (SSSR count). The monoisotopic (exact) mass is 440 g/mol. The van der Waals surface area contributed by atoms with E-state index in [1.807, 2.05) is 19.0 Å². The standard InChI is InChI=1S/C23H25FN4O2S/c1-27(2)23-25-15-21(17-10-12-19(24)13-11-17)22(26-23)18-7-6-14-28(16-18)31(29,30)20-8-4-3-5-9-20/h3-5,8-13,15,18H,6-7,14,16H2,1-2H3. The molecular weight excluding hydrogens is 415 g/mol. The van der Waals surface area contributed by atoms with Crippen molar-refractivity contribution in [2.24, 2.45) is 0 Å². The van der Waals surface area contributed by atoms with Crippen molar-refractivity contribution in [3.05, 3.63) is 72.3 Å². The van der Waals surface area contributed by atoms with Crippen molar-refractivity contribution in [1.29, 1.82) is 0 Å². The van der Waals surface area contributed by atoms with E-state index in [4.69, 9.17) is 4.98 Å². The third-order valence-electron chi connectivity index (χ3n) is 5.51. The van der Waals surface area contributed by atoms with E-state index < -0.39 is 10.0 Å². The van der Waals surface area contributed by atoms with Crippen LogP contribution in [0.2, 0.25) is 0 Å². The van der Waals surface area contributed by atoms with Gasteiger partial charge in [0.1, 0.15) is 5.82 Å². The van der Waals surface area contributed by atoms with Gasteiger partial charge in [0.25, 0.3) is 0 Å². The van der Waals surface area contributed by atoms with Crippen LogP contribution in [0.15, 0.2) is 65.7 Å². The minimum atomic E-state index is -3.58. The third-order valence-corrected chi connectivity index (χ3v) is 7.39. The lowest BCUT2D eigenvalue weighted by atomic mass is 9.91. The Morgan fingerprint density at radius 1 is 1.06 bits per heavy atom. The molecule has 0 N–H and O–H groups in total. The van der Waals surface area contributed by atoms with Gasteiger partial charge < -0.3 is 4.90 Å². The van der Waals surface area contributed by atoms with Crippen molar-refractivity contribution in [1.82, 2.24) is 14.3 Å². The normalized spacial score (nSPS) is 17.5. The molecule has 0 aliphatic carbocycles. The van der Waals surface area contributed by atoms with Gasteiger partial charge in [-0.2, -0.15) is 4.31 Å². The maximum atomic E-state index is 13.5. The van der Waals surface area contributed by atoms with Crippen LogP contribution in [0.4, 0.5) is 10.3 Å².